The highest BCUT2D eigenvalue weighted by atomic mass is 35.5. The zero-order valence-electron chi connectivity index (χ0n) is 16.6. The SMILES string of the molecule is CCCCCCCCCCCCOc1ccc(CCl)nc1/C=C/CC(=O)O. The minimum Gasteiger partial charge on any atom is -0.491 e. The van der Waals surface area contributed by atoms with E-state index in [1.807, 2.05) is 12.1 Å². The number of ether oxygens (including phenoxy) is 1. The number of hydrogen-bond acceptors (Lipinski definition) is 3. The van der Waals surface area contributed by atoms with Crippen molar-refractivity contribution in [3.05, 3.63) is 29.6 Å². The molecule has 1 aromatic heterocycles. The molecule has 0 radical (unpaired) electrons. The molecule has 4 nitrogen and oxygen atoms in total. The first-order chi connectivity index (χ1) is 13.2. The molecule has 0 spiro atoms. The predicted octanol–water partition coefficient (Wildman–Crippen LogP) is 6.61. The van der Waals surface area contributed by atoms with E-state index in [2.05, 4.69) is 11.9 Å². The molecule has 0 aliphatic carbocycles. The number of halogens is 1. The number of pyridine rings is 1. The van der Waals surface area contributed by atoms with Crippen LogP contribution in [0.1, 0.15) is 88.9 Å². The van der Waals surface area contributed by atoms with Crippen molar-refractivity contribution in [2.45, 2.75) is 83.4 Å². The lowest BCUT2D eigenvalue weighted by atomic mass is 10.1. The first kappa shape index (κ1) is 23.5. The highest BCUT2D eigenvalue weighted by Crippen LogP contribution is 2.20. The van der Waals surface area contributed by atoms with Gasteiger partial charge in [-0.3, -0.25) is 4.79 Å². The third-order valence-corrected chi connectivity index (χ3v) is 4.68. The van der Waals surface area contributed by atoms with E-state index in [9.17, 15) is 4.79 Å². The van der Waals surface area contributed by atoms with Gasteiger partial charge < -0.3 is 9.84 Å². The third kappa shape index (κ3) is 11.7. The Morgan fingerprint density at radius 3 is 2.30 bits per heavy atom. The van der Waals surface area contributed by atoms with E-state index in [1.165, 1.54) is 57.8 Å². The van der Waals surface area contributed by atoms with Gasteiger partial charge in [0.1, 0.15) is 11.4 Å². The van der Waals surface area contributed by atoms with Gasteiger partial charge in [-0.15, -0.1) is 11.6 Å². The minimum absolute atomic E-state index is 0.0370. The fraction of sp³-hybridized carbons (Fsp3) is 0.636. The van der Waals surface area contributed by atoms with E-state index in [0.29, 0.717) is 23.9 Å². The summed E-state index contributed by atoms with van der Waals surface area (Å²) in [4.78, 5) is 15.1. The van der Waals surface area contributed by atoms with E-state index in [1.54, 1.807) is 12.2 Å². The van der Waals surface area contributed by atoms with Crippen LogP contribution in [0.5, 0.6) is 5.75 Å². The molecule has 0 aliphatic heterocycles. The summed E-state index contributed by atoms with van der Waals surface area (Å²) >= 11 is 5.84. The van der Waals surface area contributed by atoms with Gasteiger partial charge in [0.25, 0.3) is 0 Å². The van der Waals surface area contributed by atoms with Crippen LogP contribution in [0.15, 0.2) is 18.2 Å². The van der Waals surface area contributed by atoms with E-state index in [-0.39, 0.29) is 6.42 Å². The number of aromatic nitrogens is 1. The molecule has 0 bridgehead atoms. The number of carboxylic acid groups (broad SMARTS) is 1. The van der Waals surface area contributed by atoms with Crippen LogP contribution in [0.2, 0.25) is 0 Å². The van der Waals surface area contributed by atoms with Crippen LogP contribution >= 0.6 is 11.6 Å². The molecule has 0 saturated carbocycles. The van der Waals surface area contributed by atoms with E-state index in [0.717, 1.165) is 12.1 Å². The minimum atomic E-state index is -0.868. The number of carbonyl (C=O) groups is 1. The number of unbranched alkanes of at least 4 members (excludes halogenated alkanes) is 9. The summed E-state index contributed by atoms with van der Waals surface area (Å²) in [6, 6.07) is 3.71. The number of nitrogens with zero attached hydrogens (tertiary/aromatic N) is 1. The lowest BCUT2D eigenvalue weighted by Gasteiger charge is -2.10. The fourth-order valence-electron chi connectivity index (χ4n) is 2.86. The topological polar surface area (TPSA) is 59.4 Å². The molecule has 152 valence electrons. The fourth-order valence-corrected chi connectivity index (χ4v) is 3.01. The van der Waals surface area contributed by atoms with Gasteiger partial charge in [0.15, 0.2) is 0 Å². The van der Waals surface area contributed by atoms with E-state index >= 15 is 0 Å². The summed E-state index contributed by atoms with van der Waals surface area (Å²) in [6.45, 7) is 2.90. The zero-order valence-corrected chi connectivity index (χ0v) is 17.3. The number of rotatable bonds is 16. The smallest absolute Gasteiger partial charge is 0.307 e. The molecule has 1 rings (SSSR count). The van der Waals surface area contributed by atoms with Crippen molar-refractivity contribution in [3.8, 4) is 5.75 Å². The Kier molecular flexibility index (Phi) is 13.5. The van der Waals surface area contributed by atoms with Gasteiger partial charge in [0.2, 0.25) is 0 Å². The van der Waals surface area contributed by atoms with E-state index < -0.39 is 5.97 Å². The van der Waals surface area contributed by atoms with Gasteiger partial charge in [0.05, 0.1) is 24.6 Å². The number of alkyl halides is 1. The summed E-state index contributed by atoms with van der Waals surface area (Å²) in [6.07, 6.45) is 16.1. The van der Waals surface area contributed by atoms with Gasteiger partial charge >= 0.3 is 5.97 Å². The highest BCUT2D eigenvalue weighted by Gasteiger charge is 2.05. The summed E-state index contributed by atoms with van der Waals surface area (Å²) in [5.41, 5.74) is 1.39. The van der Waals surface area contributed by atoms with Gasteiger partial charge in [-0.2, -0.15) is 0 Å². The van der Waals surface area contributed by atoms with E-state index in [4.69, 9.17) is 21.4 Å². The molecule has 0 unspecified atom stereocenters. The Balaban J connectivity index is 2.27. The van der Waals surface area contributed by atoms with Gasteiger partial charge in [0, 0.05) is 0 Å². The van der Waals surface area contributed by atoms with Crippen LogP contribution in [0.3, 0.4) is 0 Å². The van der Waals surface area contributed by atoms with Crippen LogP contribution in [0.25, 0.3) is 6.08 Å². The number of hydrogen-bond donors (Lipinski definition) is 1. The molecule has 1 aromatic rings. The Morgan fingerprint density at radius 1 is 1.07 bits per heavy atom. The Hall–Kier alpha value is -1.55. The van der Waals surface area contributed by atoms with Crippen molar-refractivity contribution in [1.82, 2.24) is 4.98 Å². The largest absolute Gasteiger partial charge is 0.491 e. The zero-order chi connectivity index (χ0) is 19.7. The third-order valence-electron chi connectivity index (χ3n) is 4.40. The quantitative estimate of drug-likeness (QED) is 0.253. The first-order valence-corrected chi connectivity index (χ1v) is 10.8. The standard InChI is InChI=1S/C22H34ClNO3/c1-2-3-4-5-6-7-8-9-10-11-17-27-21-16-15-19(18-23)24-20(21)13-12-14-22(25)26/h12-13,15-16H,2-11,14,17-18H2,1H3,(H,25,26)/b13-12+. The predicted molar refractivity (Wildman–Crippen MR) is 112 cm³/mol. The van der Waals surface area contributed by atoms with Crippen LogP contribution in [0, 0.1) is 0 Å². The average molecular weight is 396 g/mol. The second-order valence-electron chi connectivity index (χ2n) is 6.85. The van der Waals surface area contributed by atoms with Crippen molar-refractivity contribution in [2.75, 3.05) is 6.61 Å². The normalized spacial score (nSPS) is 11.2. The summed E-state index contributed by atoms with van der Waals surface area (Å²) in [5, 5.41) is 8.75. The van der Waals surface area contributed by atoms with Crippen LogP contribution in [-0.2, 0) is 10.7 Å². The molecule has 0 saturated heterocycles. The van der Waals surface area contributed by atoms with Crippen molar-refractivity contribution in [2.24, 2.45) is 0 Å². The van der Waals surface area contributed by atoms with Crippen LogP contribution in [0.4, 0.5) is 0 Å². The molecular weight excluding hydrogens is 362 g/mol. The van der Waals surface area contributed by atoms with Crippen LogP contribution < -0.4 is 4.74 Å². The molecule has 0 amide bonds. The van der Waals surface area contributed by atoms with Crippen molar-refractivity contribution in [1.29, 1.82) is 0 Å². The average Bonchev–Trinajstić information content (AvgIpc) is 2.66. The van der Waals surface area contributed by atoms with Gasteiger partial charge in [-0.1, -0.05) is 70.8 Å². The van der Waals surface area contributed by atoms with Crippen LogP contribution in [-0.4, -0.2) is 22.7 Å². The molecular formula is C22H34ClNO3. The first-order valence-electron chi connectivity index (χ1n) is 10.2. The number of carboxylic acids is 1. The highest BCUT2D eigenvalue weighted by molar-refractivity contribution is 6.16. The van der Waals surface area contributed by atoms with Gasteiger partial charge in [-0.25, -0.2) is 4.98 Å². The molecule has 1 N–H and O–H groups in total. The maximum absolute atomic E-state index is 10.7. The summed E-state index contributed by atoms with van der Waals surface area (Å²) in [5.74, 6) is 0.132. The lowest BCUT2D eigenvalue weighted by Crippen LogP contribution is -2.01. The maximum atomic E-state index is 10.7. The van der Waals surface area contributed by atoms with Crippen molar-refractivity contribution < 1.29 is 14.6 Å². The summed E-state index contributed by atoms with van der Waals surface area (Å²) < 4.78 is 5.86. The Bertz CT molecular complexity index is 560. The molecule has 0 atom stereocenters. The molecule has 1 heterocycles. The molecule has 0 aromatic carbocycles. The van der Waals surface area contributed by atoms with Crippen molar-refractivity contribution in [3.63, 3.8) is 0 Å². The van der Waals surface area contributed by atoms with Gasteiger partial charge in [-0.05, 0) is 24.6 Å². The van der Waals surface area contributed by atoms with Crippen molar-refractivity contribution >= 4 is 23.6 Å². The second kappa shape index (κ2) is 15.5. The molecule has 0 fully saturated rings. The summed E-state index contributed by atoms with van der Waals surface area (Å²) in [7, 11) is 0. The lowest BCUT2D eigenvalue weighted by molar-refractivity contribution is -0.135. The Morgan fingerprint density at radius 2 is 1.70 bits per heavy atom. The molecule has 5 heteroatoms. The molecule has 0 aliphatic rings. The second-order valence-corrected chi connectivity index (χ2v) is 7.12. The maximum Gasteiger partial charge on any atom is 0.307 e. The number of aliphatic carboxylic acids is 1. The monoisotopic (exact) mass is 395 g/mol. The molecule has 27 heavy (non-hydrogen) atoms. The Labute approximate surface area is 169 Å².